The average Bonchev–Trinajstić information content (AvgIpc) is 3.22. The smallest absolute Gasteiger partial charge is 0.319 e. The van der Waals surface area contributed by atoms with Crippen LogP contribution in [0.4, 0.5) is 10.5 Å². The molecule has 2 saturated heterocycles. The fraction of sp³-hybridized carbons (Fsp3) is 0.636. The largest absolute Gasteiger partial charge is 0.379 e. The van der Waals surface area contributed by atoms with Crippen LogP contribution in [0.1, 0.15) is 32.8 Å². The highest BCUT2D eigenvalue weighted by Gasteiger charge is 2.30. The van der Waals surface area contributed by atoms with Gasteiger partial charge in [0.15, 0.2) is 5.96 Å². The van der Waals surface area contributed by atoms with Crippen LogP contribution in [0.15, 0.2) is 29.3 Å². The maximum atomic E-state index is 11.8. The van der Waals surface area contributed by atoms with Gasteiger partial charge in [-0.2, -0.15) is 0 Å². The minimum absolute atomic E-state index is 0. The first-order valence-electron chi connectivity index (χ1n) is 11.1. The maximum Gasteiger partial charge on any atom is 0.319 e. The van der Waals surface area contributed by atoms with Gasteiger partial charge in [0.05, 0.1) is 19.8 Å². The number of hydrogen-bond acceptors (Lipinski definition) is 4. The van der Waals surface area contributed by atoms with E-state index in [1.54, 1.807) is 0 Å². The van der Waals surface area contributed by atoms with Crippen molar-refractivity contribution < 1.29 is 9.53 Å². The van der Waals surface area contributed by atoms with Crippen molar-refractivity contribution in [1.82, 2.24) is 20.4 Å². The summed E-state index contributed by atoms with van der Waals surface area (Å²) >= 11 is 0. The number of benzene rings is 1. The van der Waals surface area contributed by atoms with Gasteiger partial charge in [-0.3, -0.25) is 4.90 Å². The minimum atomic E-state index is -0.186. The first-order valence-corrected chi connectivity index (χ1v) is 11.1. The molecule has 0 bridgehead atoms. The van der Waals surface area contributed by atoms with Gasteiger partial charge in [0.1, 0.15) is 0 Å². The summed E-state index contributed by atoms with van der Waals surface area (Å²) in [6, 6.07) is 8.37. The monoisotopic (exact) mass is 544 g/mol. The Bertz CT molecular complexity index is 706. The molecule has 0 aliphatic carbocycles. The molecular formula is C22H37IN6O2. The Kier molecular flexibility index (Phi) is 10.8. The summed E-state index contributed by atoms with van der Waals surface area (Å²) in [4.78, 5) is 21.6. The Balaban J connectivity index is 0.00000341. The molecule has 1 aromatic carbocycles. The van der Waals surface area contributed by atoms with Crippen molar-refractivity contribution in [3.8, 4) is 0 Å². The second-order valence-electron chi connectivity index (χ2n) is 8.16. The second-order valence-corrected chi connectivity index (χ2v) is 8.16. The number of nitrogens with one attached hydrogen (secondary N) is 3. The number of aliphatic imine (C=N–C) groups is 1. The predicted molar refractivity (Wildman–Crippen MR) is 136 cm³/mol. The number of anilines is 1. The fourth-order valence-corrected chi connectivity index (χ4v) is 3.89. The van der Waals surface area contributed by atoms with Gasteiger partial charge in [-0.15, -0.1) is 24.0 Å². The predicted octanol–water partition coefficient (Wildman–Crippen LogP) is 2.71. The molecule has 0 saturated carbocycles. The summed E-state index contributed by atoms with van der Waals surface area (Å²) in [5, 5.41) is 9.11. The third kappa shape index (κ3) is 8.12. The normalized spacial score (nSPS) is 19.8. The van der Waals surface area contributed by atoms with Gasteiger partial charge in [0, 0.05) is 50.5 Å². The summed E-state index contributed by atoms with van der Waals surface area (Å²) in [7, 11) is 0. The van der Waals surface area contributed by atoms with E-state index in [4.69, 9.17) is 9.73 Å². The lowest BCUT2D eigenvalue weighted by atomic mass is 10.2. The van der Waals surface area contributed by atoms with Crippen LogP contribution in [0.2, 0.25) is 0 Å². The van der Waals surface area contributed by atoms with Crippen molar-refractivity contribution in [2.45, 2.75) is 45.8 Å². The van der Waals surface area contributed by atoms with Crippen molar-refractivity contribution in [2.75, 3.05) is 51.3 Å². The highest BCUT2D eigenvalue weighted by molar-refractivity contribution is 14.0. The Hall–Kier alpha value is -1.59. The molecule has 0 spiro atoms. The zero-order valence-electron chi connectivity index (χ0n) is 18.9. The van der Waals surface area contributed by atoms with Crippen LogP contribution in [-0.2, 0) is 11.3 Å². The Morgan fingerprint density at radius 3 is 2.55 bits per heavy atom. The molecule has 1 unspecified atom stereocenters. The van der Waals surface area contributed by atoms with Crippen LogP contribution in [0.25, 0.3) is 0 Å². The molecule has 1 aromatic rings. The molecule has 2 heterocycles. The molecule has 8 nitrogen and oxygen atoms in total. The van der Waals surface area contributed by atoms with Crippen LogP contribution >= 0.6 is 24.0 Å². The van der Waals surface area contributed by atoms with E-state index < -0.39 is 0 Å². The molecule has 0 radical (unpaired) electrons. The van der Waals surface area contributed by atoms with Crippen LogP contribution in [0.5, 0.6) is 0 Å². The standard InChI is InChI=1S/C22H36N6O2.HI/c1-4-23-21(28-10-9-20(16-28)27-11-13-30-14-12-27)24-15-18-5-7-19(8-6-18)26-22(29)25-17(2)3;/h5-8,17,20H,4,9-16H2,1-3H3,(H,23,24)(H2,25,26,29);1H. The van der Waals surface area contributed by atoms with E-state index in [1.807, 2.05) is 38.1 Å². The van der Waals surface area contributed by atoms with Crippen LogP contribution in [0.3, 0.4) is 0 Å². The van der Waals surface area contributed by atoms with E-state index in [0.717, 1.165) is 63.1 Å². The molecule has 2 fully saturated rings. The highest BCUT2D eigenvalue weighted by atomic mass is 127. The summed E-state index contributed by atoms with van der Waals surface area (Å²) in [6.45, 7) is 13.2. The molecule has 3 rings (SSSR count). The SMILES string of the molecule is CCNC(=NCc1ccc(NC(=O)NC(C)C)cc1)N1CCC(N2CCOCC2)C1.I. The number of halogens is 1. The summed E-state index contributed by atoms with van der Waals surface area (Å²) in [6.07, 6.45) is 1.17. The summed E-state index contributed by atoms with van der Waals surface area (Å²) in [5.41, 5.74) is 1.89. The van der Waals surface area contributed by atoms with Crippen LogP contribution in [0, 0.1) is 0 Å². The molecule has 3 N–H and O–H groups in total. The Morgan fingerprint density at radius 1 is 1.19 bits per heavy atom. The lowest BCUT2D eigenvalue weighted by Gasteiger charge is -2.32. The van der Waals surface area contributed by atoms with Gasteiger partial charge in [-0.05, 0) is 44.9 Å². The zero-order valence-corrected chi connectivity index (χ0v) is 21.2. The number of morpholine rings is 1. The number of urea groups is 1. The number of nitrogens with zero attached hydrogens (tertiary/aromatic N) is 3. The molecule has 174 valence electrons. The van der Waals surface area contributed by atoms with Gasteiger partial charge >= 0.3 is 6.03 Å². The maximum absolute atomic E-state index is 11.8. The summed E-state index contributed by atoms with van der Waals surface area (Å²) in [5.74, 6) is 0.978. The number of ether oxygens (including phenoxy) is 1. The van der Waals surface area contributed by atoms with Crippen molar-refractivity contribution in [1.29, 1.82) is 0 Å². The van der Waals surface area contributed by atoms with Crippen LogP contribution < -0.4 is 16.0 Å². The lowest BCUT2D eigenvalue weighted by Crippen LogP contribution is -2.46. The van der Waals surface area contributed by atoms with E-state index in [9.17, 15) is 4.79 Å². The Morgan fingerprint density at radius 2 is 1.90 bits per heavy atom. The third-order valence-corrected chi connectivity index (χ3v) is 5.40. The van der Waals surface area contributed by atoms with Gasteiger partial charge in [0.2, 0.25) is 0 Å². The Labute approximate surface area is 203 Å². The molecular weight excluding hydrogens is 507 g/mol. The molecule has 1 atom stereocenters. The molecule has 0 aromatic heterocycles. The number of carbonyl (C=O) groups is 1. The second kappa shape index (κ2) is 13.1. The highest BCUT2D eigenvalue weighted by Crippen LogP contribution is 2.17. The molecule has 2 amide bonds. The van der Waals surface area contributed by atoms with Crippen molar-refractivity contribution in [2.24, 2.45) is 4.99 Å². The first-order chi connectivity index (χ1) is 14.5. The van der Waals surface area contributed by atoms with E-state index >= 15 is 0 Å². The van der Waals surface area contributed by atoms with Crippen molar-refractivity contribution >= 4 is 41.7 Å². The van der Waals surface area contributed by atoms with Gasteiger partial charge < -0.3 is 25.6 Å². The van der Waals surface area contributed by atoms with Crippen LogP contribution in [-0.4, -0.2) is 79.8 Å². The van der Waals surface area contributed by atoms with Gasteiger partial charge in [-0.25, -0.2) is 9.79 Å². The first kappa shape index (κ1) is 25.7. The minimum Gasteiger partial charge on any atom is -0.379 e. The van der Waals surface area contributed by atoms with Gasteiger partial charge in [-0.1, -0.05) is 12.1 Å². The average molecular weight is 544 g/mol. The summed E-state index contributed by atoms with van der Waals surface area (Å²) < 4.78 is 5.49. The topological polar surface area (TPSA) is 81.2 Å². The number of guanidine groups is 1. The molecule has 2 aliphatic rings. The number of hydrogen-bond donors (Lipinski definition) is 3. The number of likely N-dealkylation sites (tertiary alicyclic amines) is 1. The van der Waals surface area contributed by atoms with Crippen molar-refractivity contribution in [3.05, 3.63) is 29.8 Å². The van der Waals surface area contributed by atoms with Crippen molar-refractivity contribution in [3.63, 3.8) is 0 Å². The van der Waals surface area contributed by atoms with E-state index in [1.165, 1.54) is 6.42 Å². The van der Waals surface area contributed by atoms with E-state index in [-0.39, 0.29) is 36.0 Å². The number of rotatable bonds is 6. The quantitative estimate of drug-likeness (QED) is 0.292. The van der Waals surface area contributed by atoms with E-state index in [0.29, 0.717) is 12.6 Å². The lowest BCUT2D eigenvalue weighted by molar-refractivity contribution is 0.0195. The number of carbonyl (C=O) groups excluding carboxylic acids is 1. The molecule has 9 heteroatoms. The zero-order chi connectivity index (χ0) is 21.3. The van der Waals surface area contributed by atoms with Gasteiger partial charge in [0.25, 0.3) is 0 Å². The van der Waals surface area contributed by atoms with E-state index in [2.05, 4.69) is 32.7 Å². The molecule has 31 heavy (non-hydrogen) atoms. The fourth-order valence-electron chi connectivity index (χ4n) is 3.89. The third-order valence-electron chi connectivity index (χ3n) is 5.40. The molecule has 2 aliphatic heterocycles. The number of amides is 2.